The zero-order chi connectivity index (χ0) is 5.82. The lowest BCUT2D eigenvalue weighted by Crippen LogP contribution is -2.16. The van der Waals surface area contributed by atoms with E-state index in [4.69, 9.17) is 5.73 Å². The topological polar surface area (TPSA) is 26.0 Å². The van der Waals surface area contributed by atoms with E-state index >= 15 is 0 Å². The smallest absolute Gasteiger partial charge is 0.00488 e. The third kappa shape index (κ3) is 1.48. The Morgan fingerprint density at radius 3 is 2.88 bits per heavy atom. The SMILES string of the molecule is NCC1C[CH]CCC1. The van der Waals surface area contributed by atoms with Gasteiger partial charge < -0.3 is 5.73 Å². The lowest BCUT2D eigenvalue weighted by molar-refractivity contribution is 0.423. The van der Waals surface area contributed by atoms with Gasteiger partial charge in [-0.1, -0.05) is 12.8 Å². The van der Waals surface area contributed by atoms with Gasteiger partial charge in [-0.3, -0.25) is 0 Å². The van der Waals surface area contributed by atoms with Gasteiger partial charge in [-0.15, -0.1) is 0 Å². The molecule has 0 saturated heterocycles. The maximum Gasteiger partial charge on any atom is -0.00488 e. The van der Waals surface area contributed by atoms with Crippen LogP contribution in [0, 0.1) is 12.3 Å². The molecule has 1 nitrogen and oxygen atoms in total. The zero-order valence-corrected chi connectivity index (χ0v) is 5.27. The molecule has 1 saturated carbocycles. The Bertz CT molecular complexity index is 55.4. The summed E-state index contributed by atoms with van der Waals surface area (Å²) in [5.74, 6) is 0.809. The quantitative estimate of drug-likeness (QED) is 0.544. The summed E-state index contributed by atoms with van der Waals surface area (Å²) >= 11 is 0. The Labute approximate surface area is 51.3 Å². The van der Waals surface area contributed by atoms with E-state index in [0.717, 1.165) is 12.5 Å². The van der Waals surface area contributed by atoms with E-state index in [1.54, 1.807) is 0 Å². The molecule has 1 aliphatic rings. The molecular formula is C7H14N. The van der Waals surface area contributed by atoms with Crippen LogP contribution in [-0.2, 0) is 0 Å². The average molecular weight is 112 g/mol. The van der Waals surface area contributed by atoms with Crippen LogP contribution in [0.4, 0.5) is 0 Å². The van der Waals surface area contributed by atoms with Crippen molar-refractivity contribution in [3.05, 3.63) is 6.42 Å². The molecule has 0 heterocycles. The van der Waals surface area contributed by atoms with E-state index in [9.17, 15) is 0 Å². The Balaban J connectivity index is 2.13. The molecule has 0 aromatic rings. The highest BCUT2D eigenvalue weighted by Gasteiger charge is 2.10. The van der Waals surface area contributed by atoms with Crippen LogP contribution in [0.5, 0.6) is 0 Å². The fraction of sp³-hybridized carbons (Fsp3) is 0.857. The Morgan fingerprint density at radius 1 is 1.62 bits per heavy atom. The molecule has 2 N–H and O–H groups in total. The van der Waals surface area contributed by atoms with Gasteiger partial charge in [0.15, 0.2) is 0 Å². The lowest BCUT2D eigenvalue weighted by atomic mass is 9.90. The van der Waals surface area contributed by atoms with E-state index in [1.165, 1.54) is 25.7 Å². The summed E-state index contributed by atoms with van der Waals surface area (Å²) in [6.07, 6.45) is 7.66. The second kappa shape index (κ2) is 3.08. The van der Waals surface area contributed by atoms with Crippen molar-refractivity contribution in [3.63, 3.8) is 0 Å². The van der Waals surface area contributed by atoms with E-state index in [1.807, 2.05) is 0 Å². The van der Waals surface area contributed by atoms with Crippen molar-refractivity contribution in [1.82, 2.24) is 0 Å². The minimum Gasteiger partial charge on any atom is -0.330 e. The van der Waals surface area contributed by atoms with Gasteiger partial charge in [0, 0.05) is 0 Å². The van der Waals surface area contributed by atoms with E-state index < -0.39 is 0 Å². The Kier molecular flexibility index (Phi) is 2.34. The first-order valence-corrected chi connectivity index (χ1v) is 3.45. The van der Waals surface area contributed by atoms with Crippen molar-refractivity contribution in [2.75, 3.05) is 6.54 Å². The minimum atomic E-state index is 0.809. The van der Waals surface area contributed by atoms with E-state index in [2.05, 4.69) is 6.42 Å². The molecule has 1 unspecified atom stereocenters. The summed E-state index contributed by atoms with van der Waals surface area (Å²) in [5.41, 5.74) is 5.48. The summed E-state index contributed by atoms with van der Waals surface area (Å²) in [5, 5.41) is 0. The molecular weight excluding hydrogens is 98.1 g/mol. The standard InChI is InChI=1S/C7H14N/c8-6-7-4-2-1-3-5-7/h2,7H,1,3-6,8H2. The lowest BCUT2D eigenvalue weighted by Gasteiger charge is -2.18. The Hall–Kier alpha value is -0.0400. The van der Waals surface area contributed by atoms with Crippen molar-refractivity contribution < 1.29 is 0 Å². The van der Waals surface area contributed by atoms with Gasteiger partial charge in [0.25, 0.3) is 0 Å². The van der Waals surface area contributed by atoms with Crippen molar-refractivity contribution >= 4 is 0 Å². The predicted octanol–water partition coefficient (Wildman–Crippen LogP) is 1.34. The number of rotatable bonds is 1. The second-order valence-corrected chi connectivity index (χ2v) is 2.56. The second-order valence-electron chi connectivity index (χ2n) is 2.56. The molecule has 1 fully saturated rings. The average Bonchev–Trinajstić information content (AvgIpc) is 1.90. The molecule has 8 heavy (non-hydrogen) atoms. The van der Waals surface area contributed by atoms with Crippen LogP contribution in [0.1, 0.15) is 25.7 Å². The molecule has 0 bridgehead atoms. The van der Waals surface area contributed by atoms with Crippen LogP contribution < -0.4 is 5.73 Å². The molecule has 1 atom stereocenters. The number of nitrogens with two attached hydrogens (primary N) is 1. The van der Waals surface area contributed by atoms with Crippen molar-refractivity contribution in [1.29, 1.82) is 0 Å². The summed E-state index contributed by atoms with van der Waals surface area (Å²) in [6.45, 7) is 0.885. The number of hydrogen-bond acceptors (Lipinski definition) is 1. The van der Waals surface area contributed by atoms with E-state index in [-0.39, 0.29) is 0 Å². The molecule has 1 heteroatoms. The third-order valence-electron chi connectivity index (χ3n) is 1.85. The highest BCUT2D eigenvalue weighted by Crippen LogP contribution is 2.21. The van der Waals surface area contributed by atoms with Crippen LogP contribution in [0.15, 0.2) is 0 Å². The van der Waals surface area contributed by atoms with Crippen LogP contribution in [0.3, 0.4) is 0 Å². The fourth-order valence-electron chi connectivity index (χ4n) is 1.24. The maximum atomic E-state index is 5.48. The van der Waals surface area contributed by atoms with Crippen molar-refractivity contribution in [3.8, 4) is 0 Å². The molecule has 0 spiro atoms. The van der Waals surface area contributed by atoms with Crippen LogP contribution >= 0.6 is 0 Å². The first kappa shape index (κ1) is 6.09. The molecule has 47 valence electrons. The summed E-state index contributed by atoms with van der Waals surface area (Å²) < 4.78 is 0. The molecule has 0 aromatic heterocycles. The van der Waals surface area contributed by atoms with Crippen molar-refractivity contribution in [2.45, 2.75) is 25.7 Å². The van der Waals surface area contributed by atoms with Crippen molar-refractivity contribution in [2.24, 2.45) is 11.7 Å². The predicted molar refractivity (Wildman–Crippen MR) is 35.3 cm³/mol. The van der Waals surface area contributed by atoms with Gasteiger partial charge in [0.2, 0.25) is 0 Å². The monoisotopic (exact) mass is 112 g/mol. The van der Waals surface area contributed by atoms with Gasteiger partial charge in [0.1, 0.15) is 0 Å². The van der Waals surface area contributed by atoms with Gasteiger partial charge in [-0.05, 0) is 31.7 Å². The zero-order valence-electron chi connectivity index (χ0n) is 5.27. The Morgan fingerprint density at radius 2 is 2.50 bits per heavy atom. The van der Waals surface area contributed by atoms with Gasteiger partial charge in [0.05, 0.1) is 0 Å². The van der Waals surface area contributed by atoms with E-state index in [0.29, 0.717) is 0 Å². The highest BCUT2D eigenvalue weighted by atomic mass is 14.5. The van der Waals surface area contributed by atoms with Crippen LogP contribution in [-0.4, -0.2) is 6.54 Å². The molecule has 0 amide bonds. The number of hydrogen-bond donors (Lipinski definition) is 1. The molecule has 0 aliphatic heterocycles. The minimum absolute atomic E-state index is 0.809. The molecule has 0 aromatic carbocycles. The van der Waals surface area contributed by atoms with Crippen LogP contribution in [0.25, 0.3) is 0 Å². The van der Waals surface area contributed by atoms with Crippen LogP contribution in [0.2, 0.25) is 0 Å². The summed E-state index contributed by atoms with van der Waals surface area (Å²) in [4.78, 5) is 0. The summed E-state index contributed by atoms with van der Waals surface area (Å²) in [7, 11) is 0. The van der Waals surface area contributed by atoms with Gasteiger partial charge in [-0.2, -0.15) is 0 Å². The van der Waals surface area contributed by atoms with Gasteiger partial charge in [-0.25, -0.2) is 0 Å². The largest absolute Gasteiger partial charge is 0.330 e. The third-order valence-corrected chi connectivity index (χ3v) is 1.85. The van der Waals surface area contributed by atoms with Gasteiger partial charge >= 0.3 is 0 Å². The molecule has 1 radical (unpaired) electrons. The highest BCUT2D eigenvalue weighted by molar-refractivity contribution is 4.77. The fourth-order valence-corrected chi connectivity index (χ4v) is 1.24. The first-order chi connectivity index (χ1) is 3.93. The normalized spacial score (nSPS) is 23.6. The molecule has 1 aliphatic carbocycles. The first-order valence-electron chi connectivity index (χ1n) is 3.45. The maximum absolute atomic E-state index is 5.48. The molecule has 1 rings (SSSR count). The summed E-state index contributed by atoms with van der Waals surface area (Å²) in [6, 6.07) is 0.